The fourth-order valence-electron chi connectivity index (χ4n) is 2.01. The van der Waals surface area contributed by atoms with Gasteiger partial charge in [-0.05, 0) is 34.6 Å². The Bertz CT molecular complexity index is 782. The lowest BCUT2D eigenvalue weighted by atomic mass is 9.87. The van der Waals surface area contributed by atoms with Crippen LogP contribution < -0.4 is 5.32 Å². The van der Waals surface area contributed by atoms with Crippen molar-refractivity contribution in [3.8, 4) is 0 Å². The molecule has 0 atom stereocenters. The van der Waals surface area contributed by atoms with Gasteiger partial charge in [-0.1, -0.05) is 44.2 Å². The quantitative estimate of drug-likeness (QED) is 0.730. The molecule has 0 bridgehead atoms. The molecule has 3 rings (SSSR count). The minimum absolute atomic E-state index is 0.0971. The van der Waals surface area contributed by atoms with Crippen LogP contribution in [-0.2, 0) is 5.41 Å². The van der Waals surface area contributed by atoms with E-state index in [1.165, 1.54) is 28.2 Å². The fraction of sp³-hybridized carbons (Fsp3) is 0.250. The van der Waals surface area contributed by atoms with E-state index in [-0.39, 0.29) is 11.3 Å². The van der Waals surface area contributed by atoms with Gasteiger partial charge in [-0.2, -0.15) is 0 Å². The van der Waals surface area contributed by atoms with E-state index in [2.05, 4.69) is 43.2 Å². The summed E-state index contributed by atoms with van der Waals surface area (Å²) < 4.78 is 1.10. The lowest BCUT2D eigenvalue weighted by Gasteiger charge is -2.18. The van der Waals surface area contributed by atoms with Crippen LogP contribution in [0, 0.1) is 0 Å². The first-order valence-electron chi connectivity index (χ1n) is 6.69. The summed E-state index contributed by atoms with van der Waals surface area (Å²) in [6.45, 7) is 6.57. The monoisotopic (exact) mass is 316 g/mol. The first kappa shape index (κ1) is 14.2. The zero-order valence-electron chi connectivity index (χ0n) is 12.1. The highest BCUT2D eigenvalue weighted by atomic mass is 32.1. The van der Waals surface area contributed by atoms with Crippen LogP contribution in [0.3, 0.4) is 0 Å². The van der Waals surface area contributed by atoms with Crippen molar-refractivity contribution in [2.75, 3.05) is 5.32 Å². The molecule has 5 heteroatoms. The predicted octanol–water partition coefficient (Wildman–Crippen LogP) is 4.91. The van der Waals surface area contributed by atoms with Crippen molar-refractivity contribution in [1.29, 1.82) is 0 Å². The summed E-state index contributed by atoms with van der Waals surface area (Å²) in [6, 6.07) is 9.96. The number of anilines is 1. The maximum atomic E-state index is 12.0. The van der Waals surface area contributed by atoms with Gasteiger partial charge in [0.15, 0.2) is 5.13 Å². The Morgan fingerprint density at radius 3 is 2.71 bits per heavy atom. The summed E-state index contributed by atoms with van der Waals surface area (Å²) in [5, 5.41) is 5.41. The number of fused-ring (bicyclic) bond motifs is 1. The predicted molar refractivity (Wildman–Crippen MR) is 90.6 cm³/mol. The highest BCUT2D eigenvalue weighted by Crippen LogP contribution is 2.31. The molecule has 2 heterocycles. The number of nitrogens with zero attached hydrogens (tertiary/aromatic N) is 1. The molecule has 0 unspecified atom stereocenters. The van der Waals surface area contributed by atoms with Crippen LogP contribution in [0.1, 0.15) is 36.0 Å². The highest BCUT2D eigenvalue weighted by molar-refractivity contribution is 7.22. The molecule has 108 valence electrons. The number of carbonyl (C=O) groups is 1. The molecular weight excluding hydrogens is 300 g/mol. The second kappa shape index (κ2) is 5.24. The summed E-state index contributed by atoms with van der Waals surface area (Å²) in [4.78, 5) is 17.2. The minimum Gasteiger partial charge on any atom is -0.297 e. The van der Waals surface area contributed by atoms with E-state index < -0.39 is 0 Å². The van der Waals surface area contributed by atoms with Crippen LogP contribution in [0.15, 0.2) is 35.7 Å². The molecule has 0 fully saturated rings. The number of aromatic nitrogens is 1. The van der Waals surface area contributed by atoms with Crippen LogP contribution in [0.5, 0.6) is 0 Å². The summed E-state index contributed by atoms with van der Waals surface area (Å²) in [5.41, 5.74) is 2.31. The van der Waals surface area contributed by atoms with Crippen LogP contribution in [0.2, 0.25) is 0 Å². The second-order valence-electron chi connectivity index (χ2n) is 5.88. The number of hydrogen-bond acceptors (Lipinski definition) is 4. The Morgan fingerprint density at radius 2 is 2.05 bits per heavy atom. The van der Waals surface area contributed by atoms with E-state index in [1.807, 2.05) is 23.6 Å². The van der Waals surface area contributed by atoms with Crippen molar-refractivity contribution < 1.29 is 4.79 Å². The van der Waals surface area contributed by atoms with Crippen molar-refractivity contribution in [1.82, 2.24) is 4.98 Å². The van der Waals surface area contributed by atoms with Crippen LogP contribution >= 0.6 is 22.7 Å². The molecule has 0 aliphatic rings. The molecule has 0 saturated carbocycles. The van der Waals surface area contributed by atoms with Gasteiger partial charge in [0.1, 0.15) is 0 Å². The zero-order chi connectivity index (χ0) is 15.0. The Balaban J connectivity index is 1.89. The van der Waals surface area contributed by atoms with Gasteiger partial charge in [-0.25, -0.2) is 4.98 Å². The molecule has 1 amide bonds. The highest BCUT2D eigenvalue weighted by Gasteiger charge is 2.16. The van der Waals surface area contributed by atoms with Crippen molar-refractivity contribution in [2.24, 2.45) is 0 Å². The molecule has 0 radical (unpaired) electrons. The average Bonchev–Trinajstić information content (AvgIpc) is 3.05. The first-order chi connectivity index (χ1) is 9.93. The average molecular weight is 316 g/mol. The van der Waals surface area contributed by atoms with Crippen molar-refractivity contribution in [3.63, 3.8) is 0 Å². The maximum Gasteiger partial charge on any atom is 0.267 e. The molecule has 0 aliphatic carbocycles. The summed E-state index contributed by atoms with van der Waals surface area (Å²) >= 11 is 2.94. The van der Waals surface area contributed by atoms with Gasteiger partial charge in [0.05, 0.1) is 15.1 Å². The van der Waals surface area contributed by atoms with E-state index in [4.69, 9.17) is 0 Å². The van der Waals surface area contributed by atoms with Gasteiger partial charge in [0.2, 0.25) is 0 Å². The first-order valence-corrected chi connectivity index (χ1v) is 8.39. The van der Waals surface area contributed by atoms with Crippen molar-refractivity contribution in [2.45, 2.75) is 26.2 Å². The molecule has 3 aromatic rings. The van der Waals surface area contributed by atoms with E-state index in [0.717, 1.165) is 10.2 Å². The fourth-order valence-corrected chi connectivity index (χ4v) is 3.53. The molecule has 0 aliphatic heterocycles. The molecule has 0 saturated heterocycles. The molecule has 21 heavy (non-hydrogen) atoms. The standard InChI is InChI=1S/C16H16N2OS2/c1-16(2,3)10-6-7-11-13(9-10)21-15(17-11)18-14(19)12-5-4-8-20-12/h4-9H,1-3H3,(H,17,18,19). The molecule has 1 N–H and O–H groups in total. The van der Waals surface area contributed by atoms with Crippen LogP contribution in [0.25, 0.3) is 10.2 Å². The number of thiophene rings is 1. The largest absolute Gasteiger partial charge is 0.297 e. The number of hydrogen-bond donors (Lipinski definition) is 1. The Hall–Kier alpha value is -1.72. The van der Waals surface area contributed by atoms with Crippen molar-refractivity contribution >= 4 is 43.9 Å². The normalized spacial score (nSPS) is 11.8. The molecule has 0 spiro atoms. The minimum atomic E-state index is -0.0971. The Morgan fingerprint density at radius 1 is 1.24 bits per heavy atom. The van der Waals surface area contributed by atoms with Gasteiger partial charge in [0, 0.05) is 0 Å². The lowest BCUT2D eigenvalue weighted by molar-refractivity contribution is 0.103. The van der Waals surface area contributed by atoms with Crippen LogP contribution in [-0.4, -0.2) is 10.9 Å². The smallest absolute Gasteiger partial charge is 0.267 e. The van der Waals surface area contributed by atoms with E-state index in [0.29, 0.717) is 10.0 Å². The van der Waals surface area contributed by atoms with E-state index in [9.17, 15) is 4.79 Å². The summed E-state index contributed by atoms with van der Waals surface area (Å²) in [6.07, 6.45) is 0. The Kier molecular flexibility index (Phi) is 3.55. The molecule has 1 aromatic carbocycles. The Labute approximate surface area is 131 Å². The van der Waals surface area contributed by atoms with Gasteiger partial charge in [0.25, 0.3) is 5.91 Å². The topological polar surface area (TPSA) is 42.0 Å². The van der Waals surface area contributed by atoms with Crippen LogP contribution in [0.4, 0.5) is 5.13 Å². The summed E-state index contributed by atoms with van der Waals surface area (Å²) in [5.74, 6) is -0.0971. The summed E-state index contributed by atoms with van der Waals surface area (Å²) in [7, 11) is 0. The molecule has 2 aromatic heterocycles. The second-order valence-corrected chi connectivity index (χ2v) is 7.86. The molecule has 3 nitrogen and oxygen atoms in total. The lowest BCUT2D eigenvalue weighted by Crippen LogP contribution is -2.10. The zero-order valence-corrected chi connectivity index (χ0v) is 13.8. The van der Waals surface area contributed by atoms with E-state index in [1.54, 1.807) is 0 Å². The third-order valence-corrected chi connectivity index (χ3v) is 5.02. The van der Waals surface area contributed by atoms with E-state index >= 15 is 0 Å². The third kappa shape index (κ3) is 2.99. The SMILES string of the molecule is CC(C)(C)c1ccc2nc(NC(=O)c3cccs3)sc2c1. The maximum absolute atomic E-state index is 12.0. The number of carbonyl (C=O) groups excluding carboxylic acids is 1. The van der Waals surface area contributed by atoms with Crippen molar-refractivity contribution in [3.05, 3.63) is 46.2 Å². The number of benzene rings is 1. The number of thiazole rings is 1. The third-order valence-electron chi connectivity index (χ3n) is 3.22. The van der Waals surface area contributed by atoms with Gasteiger partial charge < -0.3 is 0 Å². The number of rotatable bonds is 2. The molecular formula is C16H16N2OS2. The van der Waals surface area contributed by atoms with Gasteiger partial charge >= 0.3 is 0 Å². The van der Waals surface area contributed by atoms with Gasteiger partial charge in [-0.15, -0.1) is 11.3 Å². The van der Waals surface area contributed by atoms with Gasteiger partial charge in [-0.3, -0.25) is 10.1 Å². The number of nitrogens with one attached hydrogen (secondary N) is 1. The number of amides is 1.